The van der Waals surface area contributed by atoms with Gasteiger partial charge in [-0.15, -0.1) is 0 Å². The van der Waals surface area contributed by atoms with Gasteiger partial charge in [0.25, 0.3) is 0 Å². The van der Waals surface area contributed by atoms with Gasteiger partial charge in [-0.2, -0.15) is 0 Å². The van der Waals surface area contributed by atoms with Crippen LogP contribution in [0.25, 0.3) is 0 Å². The van der Waals surface area contributed by atoms with E-state index in [0.717, 1.165) is 0 Å². The van der Waals surface area contributed by atoms with Crippen molar-refractivity contribution in [1.82, 2.24) is 0 Å². The Morgan fingerprint density at radius 1 is 0.600 bits per heavy atom. The Labute approximate surface area is 157 Å². The van der Waals surface area contributed by atoms with Gasteiger partial charge in [0, 0.05) is 10.4 Å². The summed E-state index contributed by atoms with van der Waals surface area (Å²) in [4.78, 5) is 0. The van der Waals surface area contributed by atoms with Gasteiger partial charge >= 0.3 is 0 Å². The fourth-order valence-corrected chi connectivity index (χ4v) is 3.10. The van der Waals surface area contributed by atoms with Gasteiger partial charge in [-0.1, -0.05) is 78.1 Å². The molecule has 0 aliphatic carbocycles. The summed E-state index contributed by atoms with van der Waals surface area (Å²) in [7, 11) is -0.413. The molecule has 0 amide bonds. The molecule has 0 unspecified atom stereocenters. The molecule has 0 aromatic rings. The summed E-state index contributed by atoms with van der Waals surface area (Å²) in [5, 5.41) is 0. The zero-order valence-electron chi connectivity index (χ0n) is 17.1. The second-order valence-corrected chi connectivity index (χ2v) is 8.50. The standard InChI is InChI=1S/C19H42N.H2O4S/c1-5-7-8-9-10-11-12-13-14-15-16-17-19-20(3,4)18-6-2;1-5(2,3)4/h5-19H2,1-4H3;(H2,1,2,3,4)/q+1;/p-2. The zero-order chi connectivity index (χ0) is 19.6. The van der Waals surface area contributed by atoms with E-state index in [1.807, 2.05) is 0 Å². The van der Waals surface area contributed by atoms with Gasteiger partial charge < -0.3 is 13.6 Å². The summed E-state index contributed by atoms with van der Waals surface area (Å²) in [6.45, 7) is 7.29. The lowest BCUT2D eigenvalue weighted by Crippen LogP contribution is -2.40. The number of unbranched alkanes of at least 4 members (excludes halogenated alkanes) is 11. The van der Waals surface area contributed by atoms with Gasteiger partial charge in [0.2, 0.25) is 0 Å². The summed E-state index contributed by atoms with van der Waals surface area (Å²) in [6.07, 6.45) is 18.7. The van der Waals surface area contributed by atoms with Crippen LogP contribution in [0, 0.1) is 0 Å². The molecule has 0 atom stereocenters. The van der Waals surface area contributed by atoms with Crippen molar-refractivity contribution in [2.75, 3.05) is 27.2 Å². The van der Waals surface area contributed by atoms with Crippen molar-refractivity contribution in [2.24, 2.45) is 0 Å². The maximum Gasteiger partial charge on any atom is 0.0782 e. The van der Waals surface area contributed by atoms with E-state index in [9.17, 15) is 0 Å². The lowest BCUT2D eigenvalue weighted by atomic mass is 10.1. The lowest BCUT2D eigenvalue weighted by Gasteiger charge is -2.29. The Balaban J connectivity index is 0. The maximum atomic E-state index is 8.52. The fourth-order valence-electron chi connectivity index (χ4n) is 3.10. The highest BCUT2D eigenvalue weighted by Crippen LogP contribution is 2.12. The van der Waals surface area contributed by atoms with E-state index in [0.29, 0.717) is 0 Å². The monoisotopic (exact) mass is 380 g/mol. The minimum atomic E-state index is -5.17. The lowest BCUT2D eigenvalue weighted by molar-refractivity contribution is -0.890. The van der Waals surface area contributed by atoms with Crippen LogP contribution in [0.1, 0.15) is 97.3 Å². The molecule has 0 aliphatic heterocycles. The van der Waals surface area contributed by atoms with E-state index in [4.69, 9.17) is 17.5 Å². The van der Waals surface area contributed by atoms with Crippen LogP contribution < -0.4 is 0 Å². The number of hydrogen-bond acceptors (Lipinski definition) is 4. The Kier molecular flexibility index (Phi) is 18.7. The van der Waals surface area contributed by atoms with Crippen molar-refractivity contribution < 1.29 is 22.0 Å². The molecule has 0 aliphatic rings. The zero-order valence-corrected chi connectivity index (χ0v) is 17.9. The summed E-state index contributed by atoms with van der Waals surface area (Å²) in [5.41, 5.74) is 0. The van der Waals surface area contributed by atoms with E-state index in [1.54, 1.807) is 0 Å². The molecule has 0 aromatic carbocycles. The summed E-state index contributed by atoms with van der Waals surface area (Å²) in [6, 6.07) is 0. The minimum absolute atomic E-state index is 1.22. The van der Waals surface area contributed by atoms with Crippen LogP contribution in [-0.2, 0) is 10.4 Å². The molecule has 6 heteroatoms. The molecule has 0 saturated heterocycles. The second-order valence-electron chi connectivity index (χ2n) is 7.68. The molecule has 0 saturated carbocycles. The van der Waals surface area contributed by atoms with Crippen molar-refractivity contribution in [3.05, 3.63) is 0 Å². The van der Waals surface area contributed by atoms with Gasteiger partial charge in [-0.05, 0) is 19.3 Å². The molecule has 0 N–H and O–H groups in total. The first-order valence-corrected chi connectivity index (χ1v) is 11.4. The molecule has 0 spiro atoms. The van der Waals surface area contributed by atoms with Gasteiger partial charge in [-0.25, -0.2) is 0 Å². The average molecular weight is 381 g/mol. The number of quaternary nitrogens is 1. The fraction of sp³-hybridized carbons (Fsp3) is 1.00. The third kappa shape index (κ3) is 32.0. The van der Waals surface area contributed by atoms with Crippen molar-refractivity contribution in [1.29, 1.82) is 0 Å². The van der Waals surface area contributed by atoms with E-state index < -0.39 is 10.4 Å². The van der Waals surface area contributed by atoms with Crippen LogP contribution in [-0.4, -0.2) is 49.2 Å². The third-order valence-electron chi connectivity index (χ3n) is 4.45. The van der Waals surface area contributed by atoms with Crippen LogP contribution in [0.15, 0.2) is 0 Å². The Bertz CT molecular complexity index is 362. The highest BCUT2D eigenvalue weighted by Gasteiger charge is 2.11. The normalized spacial score (nSPS) is 11.9. The topological polar surface area (TPSA) is 80.3 Å². The molecule has 154 valence electrons. The molecule has 5 nitrogen and oxygen atoms in total. The Morgan fingerprint density at radius 3 is 1.24 bits per heavy atom. The number of nitrogens with zero attached hydrogens (tertiary/aromatic N) is 1. The molecule has 25 heavy (non-hydrogen) atoms. The minimum Gasteiger partial charge on any atom is -0.759 e. The molecule has 0 radical (unpaired) electrons. The quantitative estimate of drug-likeness (QED) is 0.176. The number of rotatable bonds is 15. The molecule has 0 bridgehead atoms. The summed E-state index contributed by atoms with van der Waals surface area (Å²) in [5.74, 6) is 0. The highest BCUT2D eigenvalue weighted by atomic mass is 32.3. The van der Waals surface area contributed by atoms with Crippen molar-refractivity contribution in [2.45, 2.75) is 97.3 Å². The first-order valence-electron chi connectivity index (χ1n) is 10.1. The van der Waals surface area contributed by atoms with E-state index >= 15 is 0 Å². The van der Waals surface area contributed by atoms with Gasteiger partial charge in [-0.3, -0.25) is 8.42 Å². The predicted octanol–water partition coefficient (Wildman–Crippen LogP) is 4.84. The largest absolute Gasteiger partial charge is 0.759 e. The van der Waals surface area contributed by atoms with Crippen molar-refractivity contribution >= 4 is 10.4 Å². The van der Waals surface area contributed by atoms with Gasteiger partial charge in [0.15, 0.2) is 0 Å². The van der Waals surface area contributed by atoms with Gasteiger partial charge in [0.05, 0.1) is 27.2 Å². The molecular formula is C19H42NO4S-. The summed E-state index contributed by atoms with van der Waals surface area (Å²) < 4.78 is 35.3. The highest BCUT2D eigenvalue weighted by molar-refractivity contribution is 7.79. The first kappa shape index (κ1) is 27.1. The summed E-state index contributed by atoms with van der Waals surface area (Å²) >= 11 is 0. The van der Waals surface area contributed by atoms with Crippen LogP contribution in [0.5, 0.6) is 0 Å². The predicted molar refractivity (Wildman–Crippen MR) is 104 cm³/mol. The van der Waals surface area contributed by atoms with Crippen molar-refractivity contribution in [3.8, 4) is 0 Å². The van der Waals surface area contributed by atoms with E-state index in [1.165, 1.54) is 101 Å². The molecule has 0 fully saturated rings. The molecular weight excluding hydrogens is 338 g/mol. The van der Waals surface area contributed by atoms with E-state index in [-0.39, 0.29) is 0 Å². The first-order chi connectivity index (χ1) is 11.6. The number of hydrogen-bond donors (Lipinski definition) is 0. The van der Waals surface area contributed by atoms with Crippen molar-refractivity contribution in [3.63, 3.8) is 0 Å². The SMILES string of the molecule is CCCCCCCCCCCCCC[N+](C)(C)CCC.O=S(=O)([O-])[O-]. The third-order valence-corrected chi connectivity index (χ3v) is 4.45. The molecule has 0 aromatic heterocycles. The second kappa shape index (κ2) is 17.3. The molecule has 0 rings (SSSR count). The van der Waals surface area contributed by atoms with Crippen LogP contribution in [0.3, 0.4) is 0 Å². The van der Waals surface area contributed by atoms with Crippen LogP contribution in [0.2, 0.25) is 0 Å². The van der Waals surface area contributed by atoms with Crippen LogP contribution in [0.4, 0.5) is 0 Å². The Morgan fingerprint density at radius 2 is 0.920 bits per heavy atom. The average Bonchev–Trinajstić information content (AvgIpc) is 2.46. The smallest absolute Gasteiger partial charge is 0.0782 e. The van der Waals surface area contributed by atoms with E-state index in [2.05, 4.69) is 27.9 Å². The maximum absolute atomic E-state index is 8.52. The Hall–Kier alpha value is -0.170. The van der Waals surface area contributed by atoms with Gasteiger partial charge in [0.1, 0.15) is 0 Å². The molecule has 0 heterocycles. The van der Waals surface area contributed by atoms with Crippen LogP contribution >= 0.6 is 0 Å².